The van der Waals surface area contributed by atoms with E-state index in [1.165, 1.54) is 18.4 Å². The van der Waals surface area contributed by atoms with Gasteiger partial charge in [-0.05, 0) is 67.3 Å². The van der Waals surface area contributed by atoms with E-state index in [1.54, 1.807) is 0 Å². The lowest BCUT2D eigenvalue weighted by Gasteiger charge is -2.42. The van der Waals surface area contributed by atoms with Gasteiger partial charge in [-0.3, -0.25) is 4.90 Å². The van der Waals surface area contributed by atoms with Crippen LogP contribution in [-0.2, 0) is 5.54 Å². The van der Waals surface area contributed by atoms with Crippen LogP contribution >= 0.6 is 0 Å². The van der Waals surface area contributed by atoms with Crippen molar-refractivity contribution in [1.82, 2.24) is 9.88 Å². The highest BCUT2D eigenvalue weighted by Gasteiger charge is 2.70. The van der Waals surface area contributed by atoms with Gasteiger partial charge in [-0.1, -0.05) is 25.1 Å². The van der Waals surface area contributed by atoms with Gasteiger partial charge in [-0.25, -0.2) is 4.98 Å². The number of nitrogens with zero attached hydrogens (tertiary/aromatic N) is 3. The third-order valence-electron chi connectivity index (χ3n) is 7.20. The fourth-order valence-electron chi connectivity index (χ4n) is 6.10. The lowest BCUT2D eigenvalue weighted by atomic mass is 9.89. The zero-order chi connectivity index (χ0) is 19.1. The number of rotatable bonds is 5. The molecule has 0 radical (unpaired) electrons. The molecule has 1 aliphatic heterocycles. The maximum absolute atomic E-state index is 5.84. The van der Waals surface area contributed by atoms with Crippen LogP contribution < -0.4 is 9.64 Å². The third kappa shape index (κ3) is 2.81. The molecule has 2 aliphatic carbocycles. The summed E-state index contributed by atoms with van der Waals surface area (Å²) in [5.74, 6) is 4.61. The van der Waals surface area contributed by atoms with Gasteiger partial charge in [0.15, 0.2) is 0 Å². The van der Waals surface area contributed by atoms with Gasteiger partial charge in [0.1, 0.15) is 11.6 Å². The molecule has 1 aromatic heterocycles. The number of hydrogen-bond acceptors (Lipinski definition) is 4. The number of benzene rings is 1. The Hall–Kier alpha value is -2.07. The van der Waals surface area contributed by atoms with Crippen molar-refractivity contribution < 1.29 is 4.74 Å². The number of hydrogen-bond donors (Lipinski definition) is 0. The number of ether oxygens (including phenoxy) is 1. The Morgan fingerprint density at radius 3 is 2.50 bits per heavy atom. The Labute approximate surface area is 168 Å². The summed E-state index contributed by atoms with van der Waals surface area (Å²) in [6, 6.07) is 15.2. The molecule has 2 saturated carbocycles. The Bertz CT molecular complexity index is 804. The highest BCUT2D eigenvalue weighted by molar-refractivity contribution is 5.43. The first-order chi connectivity index (χ1) is 13.7. The van der Waals surface area contributed by atoms with Crippen LogP contribution in [0.5, 0.6) is 5.75 Å². The van der Waals surface area contributed by atoms with E-state index in [-0.39, 0.29) is 5.54 Å². The summed E-state index contributed by atoms with van der Waals surface area (Å²) in [4.78, 5) is 9.78. The molecule has 4 atom stereocenters. The molecule has 2 aromatic rings. The zero-order valence-corrected chi connectivity index (χ0v) is 17.1. The van der Waals surface area contributed by atoms with Crippen LogP contribution in [0.4, 0.5) is 5.82 Å². The average Bonchev–Trinajstić information content (AvgIpc) is 3.16. The van der Waals surface area contributed by atoms with Crippen LogP contribution in [0.1, 0.15) is 32.3 Å². The quantitative estimate of drug-likeness (QED) is 0.782. The van der Waals surface area contributed by atoms with Crippen molar-refractivity contribution in [2.75, 3.05) is 37.7 Å². The van der Waals surface area contributed by atoms with Crippen molar-refractivity contribution in [3.8, 4) is 5.75 Å². The zero-order valence-electron chi connectivity index (χ0n) is 17.1. The van der Waals surface area contributed by atoms with Gasteiger partial charge < -0.3 is 9.64 Å². The lowest BCUT2D eigenvalue weighted by molar-refractivity contribution is 0.124. The molecule has 0 amide bonds. The summed E-state index contributed by atoms with van der Waals surface area (Å²) in [5, 5.41) is 0. The van der Waals surface area contributed by atoms with Crippen molar-refractivity contribution >= 4 is 5.82 Å². The second kappa shape index (κ2) is 7.07. The number of piperazine rings is 1. The number of fused-ring (bicyclic) bond motifs is 1. The molecule has 5 rings (SSSR count). The average molecular weight is 378 g/mol. The molecule has 28 heavy (non-hydrogen) atoms. The summed E-state index contributed by atoms with van der Waals surface area (Å²) >= 11 is 0. The minimum atomic E-state index is 0.232. The monoisotopic (exact) mass is 377 g/mol. The van der Waals surface area contributed by atoms with Crippen LogP contribution in [0.15, 0.2) is 48.7 Å². The minimum Gasteiger partial charge on any atom is -0.494 e. The number of anilines is 1. The summed E-state index contributed by atoms with van der Waals surface area (Å²) < 4.78 is 5.84. The first-order valence-electron chi connectivity index (χ1n) is 10.9. The molecule has 3 aliphatic rings. The maximum atomic E-state index is 5.84. The van der Waals surface area contributed by atoms with E-state index in [1.807, 2.05) is 12.3 Å². The van der Waals surface area contributed by atoms with Crippen LogP contribution in [0.2, 0.25) is 0 Å². The summed E-state index contributed by atoms with van der Waals surface area (Å²) in [6.07, 6.45) is 4.63. The molecular formula is C24H31N3O. The van der Waals surface area contributed by atoms with E-state index in [0.717, 1.165) is 62.1 Å². The van der Waals surface area contributed by atoms with Crippen molar-refractivity contribution in [3.63, 3.8) is 0 Å². The van der Waals surface area contributed by atoms with Crippen LogP contribution in [-0.4, -0.2) is 42.7 Å². The van der Waals surface area contributed by atoms with Gasteiger partial charge in [0.25, 0.3) is 0 Å². The molecule has 0 N–H and O–H groups in total. The Kier molecular flexibility index (Phi) is 4.54. The smallest absolute Gasteiger partial charge is 0.128 e. The molecule has 148 valence electrons. The third-order valence-corrected chi connectivity index (χ3v) is 7.20. The van der Waals surface area contributed by atoms with E-state index in [0.29, 0.717) is 0 Å². The number of aromatic nitrogens is 1. The van der Waals surface area contributed by atoms with E-state index in [2.05, 4.69) is 65.0 Å². The van der Waals surface area contributed by atoms with Gasteiger partial charge in [0.05, 0.1) is 12.1 Å². The van der Waals surface area contributed by atoms with Crippen LogP contribution in [0.25, 0.3) is 0 Å². The van der Waals surface area contributed by atoms with Gasteiger partial charge in [-0.15, -0.1) is 0 Å². The molecule has 2 unspecified atom stereocenters. The van der Waals surface area contributed by atoms with Crippen molar-refractivity contribution in [2.45, 2.75) is 32.2 Å². The van der Waals surface area contributed by atoms with Crippen LogP contribution in [0, 0.1) is 17.8 Å². The first kappa shape index (κ1) is 18.0. The first-order valence-corrected chi connectivity index (χ1v) is 10.9. The Morgan fingerprint density at radius 1 is 1.04 bits per heavy atom. The molecule has 0 bridgehead atoms. The van der Waals surface area contributed by atoms with E-state index < -0.39 is 0 Å². The summed E-state index contributed by atoms with van der Waals surface area (Å²) in [7, 11) is 0. The Balaban J connectivity index is 1.40. The standard InChI is InChI=1S/C24H31N3O/c1-3-28-20-8-6-7-19(17-20)24(21-15-18(2)16-22(21)24)27-13-11-26(12-14-27)23-9-4-5-10-25-23/h4-10,17-18,21-22H,3,11-16H2,1-2H3/t18?,21-,22+,24?. The lowest BCUT2D eigenvalue weighted by Crippen LogP contribution is -2.52. The second-order valence-electron chi connectivity index (χ2n) is 8.74. The van der Waals surface area contributed by atoms with Crippen LogP contribution in [0.3, 0.4) is 0 Å². The topological polar surface area (TPSA) is 28.6 Å². The molecule has 1 aromatic carbocycles. The van der Waals surface area contributed by atoms with Gasteiger partial charge >= 0.3 is 0 Å². The van der Waals surface area contributed by atoms with Gasteiger partial charge in [-0.2, -0.15) is 0 Å². The number of pyridine rings is 1. The SMILES string of the molecule is CCOc1cccc(C2(N3CCN(c4ccccn4)CC3)[C@@H]3CC(C)C[C@@H]32)c1. The molecule has 3 fully saturated rings. The van der Waals surface area contributed by atoms with E-state index in [9.17, 15) is 0 Å². The molecule has 0 spiro atoms. The Morgan fingerprint density at radius 2 is 1.82 bits per heavy atom. The summed E-state index contributed by atoms with van der Waals surface area (Å²) in [5.41, 5.74) is 1.71. The molecular weight excluding hydrogens is 346 g/mol. The van der Waals surface area contributed by atoms with Crippen molar-refractivity contribution in [3.05, 3.63) is 54.2 Å². The normalized spacial score (nSPS) is 32.2. The highest BCUT2D eigenvalue weighted by atomic mass is 16.5. The predicted octanol–water partition coefficient (Wildman–Crippen LogP) is 4.17. The fraction of sp³-hybridized carbons (Fsp3) is 0.542. The maximum Gasteiger partial charge on any atom is 0.128 e. The molecule has 4 nitrogen and oxygen atoms in total. The molecule has 2 heterocycles. The molecule has 4 heteroatoms. The van der Waals surface area contributed by atoms with Gasteiger partial charge in [0, 0.05) is 32.4 Å². The molecule has 1 saturated heterocycles. The predicted molar refractivity (Wildman–Crippen MR) is 113 cm³/mol. The largest absolute Gasteiger partial charge is 0.494 e. The minimum absolute atomic E-state index is 0.232. The van der Waals surface area contributed by atoms with Crippen molar-refractivity contribution in [2.24, 2.45) is 17.8 Å². The summed E-state index contributed by atoms with van der Waals surface area (Å²) in [6.45, 7) is 9.54. The van der Waals surface area contributed by atoms with E-state index >= 15 is 0 Å². The fourth-order valence-corrected chi connectivity index (χ4v) is 6.10. The van der Waals surface area contributed by atoms with Gasteiger partial charge in [0.2, 0.25) is 0 Å². The van der Waals surface area contributed by atoms with Crippen molar-refractivity contribution in [1.29, 1.82) is 0 Å². The second-order valence-corrected chi connectivity index (χ2v) is 8.74. The highest BCUT2D eigenvalue weighted by Crippen LogP contribution is 2.70. The van der Waals surface area contributed by atoms with E-state index in [4.69, 9.17) is 4.74 Å².